The quantitative estimate of drug-likeness (QED) is 0.0195. The lowest BCUT2D eigenvalue weighted by atomic mass is 10.0. The van der Waals surface area contributed by atoms with Gasteiger partial charge < -0.3 is 27.9 Å². The number of carbonyl (C=O) groups excluding carboxylic acids is 2. The molecule has 0 radical (unpaired) electrons. The first-order valence-electron chi connectivity index (χ1n) is 35.3. The molecule has 0 saturated carbocycles. The minimum Gasteiger partial charge on any atom is -0.756 e. The van der Waals surface area contributed by atoms with E-state index in [-0.39, 0.29) is 26.1 Å². The van der Waals surface area contributed by atoms with Crippen LogP contribution in [-0.4, -0.2) is 70.0 Å². The van der Waals surface area contributed by atoms with Crippen molar-refractivity contribution in [1.29, 1.82) is 0 Å². The molecule has 0 aliphatic rings. The molecule has 2 unspecified atom stereocenters. The Morgan fingerprint density at radius 1 is 0.381 bits per heavy atom. The predicted octanol–water partition coefficient (Wildman–Crippen LogP) is 22.3. The van der Waals surface area contributed by atoms with Crippen molar-refractivity contribution in [2.45, 2.75) is 328 Å². The van der Waals surface area contributed by atoms with Crippen molar-refractivity contribution in [2.24, 2.45) is 0 Å². The van der Waals surface area contributed by atoms with Gasteiger partial charge in [-0.3, -0.25) is 14.2 Å². The van der Waals surface area contributed by atoms with Crippen molar-refractivity contribution >= 4 is 19.8 Å². The van der Waals surface area contributed by atoms with Crippen LogP contribution in [0.5, 0.6) is 0 Å². The number of phosphoric acid groups is 1. The number of rotatable bonds is 65. The zero-order valence-electron chi connectivity index (χ0n) is 55.6. The number of hydrogen-bond donors (Lipinski definition) is 0. The summed E-state index contributed by atoms with van der Waals surface area (Å²) in [6.45, 7) is 4.06. The fourth-order valence-corrected chi connectivity index (χ4v) is 10.8. The van der Waals surface area contributed by atoms with Crippen molar-refractivity contribution in [1.82, 2.24) is 0 Å². The lowest BCUT2D eigenvalue weighted by molar-refractivity contribution is -0.870. The van der Waals surface area contributed by atoms with Crippen molar-refractivity contribution in [2.75, 3.05) is 47.5 Å². The number of nitrogens with zero attached hydrogens (tertiary/aromatic N) is 1. The number of hydrogen-bond acceptors (Lipinski definition) is 8. The molecule has 0 amide bonds. The van der Waals surface area contributed by atoms with Crippen LogP contribution in [0.2, 0.25) is 0 Å². The molecule has 10 heteroatoms. The molecule has 0 saturated heterocycles. The van der Waals surface area contributed by atoms with Gasteiger partial charge in [0, 0.05) is 12.8 Å². The lowest BCUT2D eigenvalue weighted by Gasteiger charge is -2.28. The van der Waals surface area contributed by atoms with Crippen molar-refractivity contribution < 1.29 is 42.1 Å². The Labute approximate surface area is 520 Å². The Kier molecular flexibility index (Phi) is 62.5. The van der Waals surface area contributed by atoms with Crippen LogP contribution in [0.25, 0.3) is 0 Å². The van der Waals surface area contributed by atoms with Crippen LogP contribution in [0.15, 0.2) is 85.1 Å². The van der Waals surface area contributed by atoms with Crippen molar-refractivity contribution in [3.8, 4) is 0 Å². The third-order valence-corrected chi connectivity index (χ3v) is 16.4. The molecule has 0 spiro atoms. The summed E-state index contributed by atoms with van der Waals surface area (Å²) in [5.41, 5.74) is 0. The summed E-state index contributed by atoms with van der Waals surface area (Å²) in [5, 5.41) is 0. The largest absolute Gasteiger partial charge is 0.756 e. The monoisotopic (exact) mass is 1200 g/mol. The highest BCUT2D eigenvalue weighted by Crippen LogP contribution is 2.38. The van der Waals surface area contributed by atoms with Crippen LogP contribution in [0, 0.1) is 0 Å². The number of allylic oxidation sites excluding steroid dienone is 14. The van der Waals surface area contributed by atoms with Crippen molar-refractivity contribution in [3.05, 3.63) is 85.1 Å². The molecule has 0 aromatic heterocycles. The summed E-state index contributed by atoms with van der Waals surface area (Å²) in [7, 11) is 1.12. The molecule has 0 N–H and O–H groups in total. The van der Waals surface area contributed by atoms with E-state index in [0.29, 0.717) is 17.4 Å². The second-order valence-electron chi connectivity index (χ2n) is 24.9. The fraction of sp³-hybridized carbons (Fsp3) is 0.784. The third-order valence-electron chi connectivity index (χ3n) is 15.4. The number of ether oxygens (including phenoxy) is 2. The molecule has 0 aliphatic heterocycles. The summed E-state index contributed by atoms with van der Waals surface area (Å²) in [6.07, 6.45) is 88.7. The molecule has 9 nitrogen and oxygen atoms in total. The van der Waals surface area contributed by atoms with Gasteiger partial charge in [-0.25, -0.2) is 0 Å². The maximum absolute atomic E-state index is 12.8. The Bertz CT molecular complexity index is 1690. The molecular weight excluding hydrogens is 1060 g/mol. The van der Waals surface area contributed by atoms with E-state index in [1.807, 2.05) is 33.3 Å². The second-order valence-corrected chi connectivity index (χ2v) is 26.3. The molecule has 0 bridgehead atoms. The van der Waals surface area contributed by atoms with Gasteiger partial charge in [-0.05, 0) is 77.0 Å². The van der Waals surface area contributed by atoms with E-state index in [0.717, 1.165) is 57.8 Å². The van der Waals surface area contributed by atoms with E-state index in [1.165, 1.54) is 231 Å². The van der Waals surface area contributed by atoms with E-state index < -0.39 is 32.5 Å². The summed E-state index contributed by atoms with van der Waals surface area (Å²) in [6, 6.07) is 0. The zero-order valence-corrected chi connectivity index (χ0v) is 56.5. The van der Waals surface area contributed by atoms with E-state index in [9.17, 15) is 19.0 Å². The van der Waals surface area contributed by atoms with Gasteiger partial charge in [-0.15, -0.1) is 0 Å². The Balaban J connectivity index is 3.92. The van der Waals surface area contributed by atoms with E-state index in [4.69, 9.17) is 18.5 Å². The number of carbonyl (C=O) groups is 2. The van der Waals surface area contributed by atoms with Gasteiger partial charge in [0.25, 0.3) is 7.82 Å². The summed E-state index contributed by atoms with van der Waals surface area (Å²) >= 11 is 0. The third kappa shape index (κ3) is 68.3. The fourth-order valence-electron chi connectivity index (χ4n) is 10.0. The van der Waals surface area contributed by atoms with Gasteiger partial charge in [0.05, 0.1) is 27.7 Å². The predicted molar refractivity (Wildman–Crippen MR) is 360 cm³/mol. The Morgan fingerprint density at radius 3 is 1.06 bits per heavy atom. The van der Waals surface area contributed by atoms with Crippen LogP contribution >= 0.6 is 7.82 Å². The van der Waals surface area contributed by atoms with Crippen LogP contribution in [-0.2, 0) is 32.7 Å². The average molecular weight is 1200 g/mol. The molecule has 2 atom stereocenters. The van der Waals surface area contributed by atoms with Crippen LogP contribution in [0.1, 0.15) is 322 Å². The molecule has 0 fully saturated rings. The topological polar surface area (TPSA) is 111 Å². The van der Waals surface area contributed by atoms with Gasteiger partial charge in [0.15, 0.2) is 6.10 Å². The maximum Gasteiger partial charge on any atom is 0.306 e. The summed E-state index contributed by atoms with van der Waals surface area (Å²) < 4.78 is 34.1. The van der Waals surface area contributed by atoms with E-state index >= 15 is 0 Å². The highest BCUT2D eigenvalue weighted by molar-refractivity contribution is 7.45. The molecule has 0 heterocycles. The van der Waals surface area contributed by atoms with Crippen LogP contribution in [0.4, 0.5) is 0 Å². The van der Waals surface area contributed by atoms with Gasteiger partial charge in [-0.1, -0.05) is 317 Å². The molecule has 0 rings (SSSR count). The highest BCUT2D eigenvalue weighted by Gasteiger charge is 2.21. The minimum atomic E-state index is -4.66. The number of phosphoric ester groups is 1. The Morgan fingerprint density at radius 2 is 0.702 bits per heavy atom. The number of likely N-dealkylation sites (N-methyl/N-ethyl adjacent to an activating group) is 1. The number of quaternary nitrogens is 1. The van der Waals surface area contributed by atoms with Crippen molar-refractivity contribution in [3.63, 3.8) is 0 Å². The van der Waals surface area contributed by atoms with Gasteiger partial charge in [-0.2, -0.15) is 0 Å². The minimum absolute atomic E-state index is 0.0467. The standard InChI is InChI=1S/C74H134NO8P/c1-6-8-10-12-14-16-18-20-22-24-26-27-28-29-30-31-32-33-34-35-36-37-38-39-40-41-42-43-44-45-46-47-49-50-52-54-56-58-60-62-64-66-73(76)80-70-72(71-82-84(78,79)81-69-68-75(3,4)5)83-74(77)67-65-63-61-59-57-55-53-51-48-25-23-21-19-17-15-13-11-9-7-2/h9,11,15,17,21,23-24,26,48,51,55,57,61,63,72H,6-8,10,12-14,16,18-20,22,25,27-47,49-50,52-54,56,58-60,62,64-71H2,1-5H3/b11-9-,17-15-,23-21-,26-24-,51-48-,57-55-,63-61-. The van der Waals surface area contributed by atoms with Crippen LogP contribution in [0.3, 0.4) is 0 Å². The lowest BCUT2D eigenvalue weighted by Crippen LogP contribution is -2.37. The van der Waals surface area contributed by atoms with Gasteiger partial charge in [0.1, 0.15) is 19.8 Å². The maximum atomic E-state index is 12.8. The first-order chi connectivity index (χ1) is 41.0. The van der Waals surface area contributed by atoms with E-state index in [2.05, 4.69) is 86.8 Å². The van der Waals surface area contributed by atoms with E-state index in [1.54, 1.807) is 0 Å². The van der Waals surface area contributed by atoms with Gasteiger partial charge >= 0.3 is 11.9 Å². The Hall–Kier alpha value is -2.81. The number of unbranched alkanes of at least 4 members (excludes halogenated alkanes) is 37. The molecule has 84 heavy (non-hydrogen) atoms. The SMILES string of the molecule is CC/C=C\C/C=C\C/C=C\C/C=C\C/C=C\C/C=C\CCC(=O)OC(COC(=O)CCCCCCCCCCCCCCCCCCCCCCCCCCCCCCC/C=C\CCCCCCCCCC)COP(=O)([O-])OCC[N+](C)(C)C. The average Bonchev–Trinajstić information content (AvgIpc) is 3.61. The molecule has 0 aromatic rings. The molecular formula is C74H134NO8P. The first kappa shape index (κ1) is 81.2. The van der Waals surface area contributed by atoms with Gasteiger partial charge in [0.2, 0.25) is 0 Å². The molecule has 0 aromatic carbocycles. The first-order valence-corrected chi connectivity index (χ1v) is 36.8. The van der Waals surface area contributed by atoms with Crippen LogP contribution < -0.4 is 4.89 Å². The smallest absolute Gasteiger partial charge is 0.306 e. The molecule has 488 valence electrons. The second kappa shape index (κ2) is 64.7. The zero-order chi connectivity index (χ0) is 61.2. The highest BCUT2D eigenvalue weighted by atomic mass is 31.2. The summed E-state index contributed by atoms with van der Waals surface area (Å²) in [4.78, 5) is 37.9. The summed E-state index contributed by atoms with van der Waals surface area (Å²) in [5.74, 6) is -0.924. The normalized spacial score (nSPS) is 13.6. The molecule has 0 aliphatic carbocycles. The number of esters is 2.